The summed E-state index contributed by atoms with van der Waals surface area (Å²) in [6.07, 6.45) is 4.65. The van der Waals surface area contributed by atoms with Gasteiger partial charge in [0.05, 0.1) is 6.26 Å². The van der Waals surface area contributed by atoms with Gasteiger partial charge in [0.25, 0.3) is 0 Å². The molecule has 1 aromatic heterocycles. The Morgan fingerprint density at radius 2 is 2.00 bits per heavy atom. The summed E-state index contributed by atoms with van der Waals surface area (Å²) in [5.74, 6) is 0.469. The van der Waals surface area contributed by atoms with E-state index in [1.165, 1.54) is 12.1 Å². The van der Waals surface area contributed by atoms with Crippen molar-refractivity contribution in [1.82, 2.24) is 0 Å². The van der Waals surface area contributed by atoms with E-state index in [9.17, 15) is 9.18 Å². The summed E-state index contributed by atoms with van der Waals surface area (Å²) < 4.78 is 17.9. The fourth-order valence-electron chi connectivity index (χ4n) is 1.52. The van der Waals surface area contributed by atoms with Crippen LogP contribution in [0.1, 0.15) is 11.3 Å². The molecule has 0 aliphatic rings. The van der Waals surface area contributed by atoms with Gasteiger partial charge in [-0.2, -0.15) is 0 Å². The lowest BCUT2D eigenvalue weighted by molar-refractivity contribution is -0.103. The summed E-state index contributed by atoms with van der Waals surface area (Å²) in [5.41, 5.74) is 1.23. The Hall–Kier alpha value is -2.16. The first kappa shape index (κ1) is 11.3. The molecule has 0 amide bonds. The van der Waals surface area contributed by atoms with Gasteiger partial charge in [0, 0.05) is 12.0 Å². The summed E-state index contributed by atoms with van der Waals surface area (Å²) in [7, 11) is 0. The van der Waals surface area contributed by atoms with Crippen LogP contribution in [0, 0.1) is 5.82 Å². The minimum Gasteiger partial charge on any atom is -0.469 e. The predicted octanol–water partition coefficient (Wildman–Crippen LogP) is 3.24. The van der Waals surface area contributed by atoms with Crippen molar-refractivity contribution in [3.8, 4) is 0 Å². The maximum atomic E-state index is 12.7. The van der Waals surface area contributed by atoms with Crippen LogP contribution < -0.4 is 0 Å². The molecule has 2 rings (SSSR count). The molecular formula is C14H11FO2. The van der Waals surface area contributed by atoms with Crippen molar-refractivity contribution < 1.29 is 13.6 Å². The van der Waals surface area contributed by atoms with Gasteiger partial charge < -0.3 is 4.42 Å². The number of rotatable bonds is 4. The Morgan fingerprint density at radius 3 is 2.59 bits per heavy atom. The highest BCUT2D eigenvalue weighted by Gasteiger charge is 2.01. The van der Waals surface area contributed by atoms with E-state index >= 15 is 0 Å². The second kappa shape index (κ2) is 5.25. The number of carbonyl (C=O) groups excluding carboxylic acids is 1. The zero-order chi connectivity index (χ0) is 12.1. The normalized spacial score (nSPS) is 11.5. The Balaban J connectivity index is 2.18. The maximum Gasteiger partial charge on any atom is 0.150 e. The number of carbonyl (C=O) groups is 1. The topological polar surface area (TPSA) is 30.2 Å². The van der Waals surface area contributed by atoms with Gasteiger partial charge >= 0.3 is 0 Å². The Bertz CT molecular complexity index is 510. The molecule has 0 aliphatic carbocycles. The first-order valence-electron chi connectivity index (χ1n) is 5.23. The van der Waals surface area contributed by atoms with Crippen molar-refractivity contribution in [2.45, 2.75) is 6.42 Å². The van der Waals surface area contributed by atoms with E-state index in [-0.39, 0.29) is 5.82 Å². The van der Waals surface area contributed by atoms with Crippen LogP contribution in [-0.2, 0) is 11.2 Å². The average Bonchev–Trinajstić information content (AvgIpc) is 2.85. The van der Waals surface area contributed by atoms with Gasteiger partial charge in [0.15, 0.2) is 0 Å². The van der Waals surface area contributed by atoms with E-state index in [4.69, 9.17) is 4.42 Å². The van der Waals surface area contributed by atoms with Gasteiger partial charge in [-0.25, -0.2) is 4.39 Å². The summed E-state index contributed by atoms with van der Waals surface area (Å²) in [6, 6.07) is 9.46. The van der Waals surface area contributed by atoms with Crippen LogP contribution in [0.3, 0.4) is 0 Å². The summed E-state index contributed by atoms with van der Waals surface area (Å²) in [5, 5.41) is 0. The Kier molecular flexibility index (Phi) is 3.50. The zero-order valence-corrected chi connectivity index (χ0v) is 9.10. The molecule has 86 valence electrons. The lowest BCUT2D eigenvalue weighted by Gasteiger charge is -1.99. The van der Waals surface area contributed by atoms with E-state index in [1.807, 2.05) is 6.07 Å². The summed E-state index contributed by atoms with van der Waals surface area (Å²) in [4.78, 5) is 11.0. The van der Waals surface area contributed by atoms with Crippen molar-refractivity contribution in [1.29, 1.82) is 0 Å². The molecule has 3 heteroatoms. The third-order valence-corrected chi connectivity index (χ3v) is 2.41. The van der Waals surface area contributed by atoms with Gasteiger partial charge in [-0.05, 0) is 29.8 Å². The molecule has 0 N–H and O–H groups in total. The van der Waals surface area contributed by atoms with Gasteiger partial charge in [0.1, 0.15) is 17.9 Å². The Labute approximate surface area is 98.4 Å². The van der Waals surface area contributed by atoms with Crippen LogP contribution in [0.4, 0.5) is 4.39 Å². The van der Waals surface area contributed by atoms with Crippen LogP contribution in [0.25, 0.3) is 5.57 Å². The molecular weight excluding hydrogens is 219 g/mol. The number of allylic oxidation sites excluding steroid dienone is 2. The van der Waals surface area contributed by atoms with Gasteiger partial charge in [0.2, 0.25) is 0 Å². The summed E-state index contributed by atoms with van der Waals surface area (Å²) >= 11 is 0. The minimum atomic E-state index is -0.315. The molecule has 0 fully saturated rings. The van der Waals surface area contributed by atoms with Crippen LogP contribution in [-0.4, -0.2) is 6.29 Å². The van der Waals surface area contributed by atoms with Gasteiger partial charge in [-0.1, -0.05) is 18.2 Å². The van der Waals surface area contributed by atoms with Crippen molar-refractivity contribution in [3.63, 3.8) is 0 Å². The standard InChI is InChI=1S/C14H11FO2/c15-13-6-3-11(4-7-13)12(10-16)5-8-14-2-1-9-17-14/h1-7,9-10H,8H2. The average molecular weight is 230 g/mol. The lowest BCUT2D eigenvalue weighted by atomic mass is 10.1. The molecule has 0 spiro atoms. The fraction of sp³-hybridized carbons (Fsp3) is 0.0714. The van der Waals surface area contributed by atoms with Crippen molar-refractivity contribution in [3.05, 3.63) is 65.9 Å². The highest BCUT2D eigenvalue weighted by Crippen LogP contribution is 2.14. The number of hydrogen-bond acceptors (Lipinski definition) is 2. The molecule has 0 saturated carbocycles. The molecule has 1 aromatic carbocycles. The monoisotopic (exact) mass is 230 g/mol. The number of benzene rings is 1. The van der Waals surface area contributed by atoms with E-state index in [1.54, 1.807) is 30.5 Å². The minimum absolute atomic E-state index is 0.315. The van der Waals surface area contributed by atoms with Crippen molar-refractivity contribution in [2.24, 2.45) is 0 Å². The first-order valence-corrected chi connectivity index (χ1v) is 5.23. The molecule has 0 unspecified atom stereocenters. The molecule has 0 bridgehead atoms. The van der Waals surface area contributed by atoms with Crippen LogP contribution in [0.2, 0.25) is 0 Å². The molecule has 0 atom stereocenters. The lowest BCUT2D eigenvalue weighted by Crippen LogP contribution is -1.88. The SMILES string of the molecule is O=CC(=CCc1ccco1)c1ccc(F)cc1. The number of aldehydes is 1. The molecule has 0 radical (unpaired) electrons. The highest BCUT2D eigenvalue weighted by atomic mass is 19.1. The van der Waals surface area contributed by atoms with Crippen LogP contribution >= 0.6 is 0 Å². The second-order valence-corrected chi connectivity index (χ2v) is 3.57. The Morgan fingerprint density at radius 1 is 1.24 bits per heavy atom. The maximum absolute atomic E-state index is 12.7. The quantitative estimate of drug-likeness (QED) is 0.596. The van der Waals surface area contributed by atoms with Gasteiger partial charge in [-0.15, -0.1) is 0 Å². The predicted molar refractivity (Wildman–Crippen MR) is 62.9 cm³/mol. The highest BCUT2D eigenvalue weighted by molar-refractivity contribution is 6.06. The van der Waals surface area contributed by atoms with E-state index in [2.05, 4.69) is 0 Å². The molecule has 2 aromatic rings. The van der Waals surface area contributed by atoms with E-state index < -0.39 is 0 Å². The molecule has 1 heterocycles. The number of hydrogen-bond donors (Lipinski definition) is 0. The first-order chi connectivity index (χ1) is 8.29. The third kappa shape index (κ3) is 2.91. The van der Waals surface area contributed by atoms with Crippen LogP contribution in [0.5, 0.6) is 0 Å². The van der Waals surface area contributed by atoms with E-state index in [0.717, 1.165) is 12.0 Å². The molecule has 2 nitrogen and oxygen atoms in total. The largest absolute Gasteiger partial charge is 0.469 e. The third-order valence-electron chi connectivity index (χ3n) is 2.41. The van der Waals surface area contributed by atoms with Crippen molar-refractivity contribution in [2.75, 3.05) is 0 Å². The van der Waals surface area contributed by atoms with Gasteiger partial charge in [-0.3, -0.25) is 4.79 Å². The van der Waals surface area contributed by atoms with Crippen LogP contribution in [0.15, 0.2) is 53.2 Å². The fourth-order valence-corrected chi connectivity index (χ4v) is 1.52. The smallest absolute Gasteiger partial charge is 0.150 e. The zero-order valence-electron chi connectivity index (χ0n) is 9.10. The molecule has 17 heavy (non-hydrogen) atoms. The van der Waals surface area contributed by atoms with Crippen molar-refractivity contribution >= 4 is 11.9 Å². The second-order valence-electron chi connectivity index (χ2n) is 3.57. The van der Waals surface area contributed by atoms with E-state index in [0.29, 0.717) is 17.6 Å². The molecule has 0 aliphatic heterocycles. The number of furan rings is 1. The molecule has 0 saturated heterocycles. The number of halogens is 1. The summed E-state index contributed by atoms with van der Waals surface area (Å²) in [6.45, 7) is 0.